The third-order valence-corrected chi connectivity index (χ3v) is 5.92. The van der Waals surface area contributed by atoms with Crippen molar-refractivity contribution in [2.45, 2.75) is 31.0 Å². The zero-order valence-corrected chi connectivity index (χ0v) is 17.5. The molecule has 0 unspecified atom stereocenters. The van der Waals surface area contributed by atoms with Gasteiger partial charge in [-0.05, 0) is 35.9 Å². The normalized spacial score (nSPS) is 18.1. The first kappa shape index (κ1) is 20.7. The fourth-order valence-corrected chi connectivity index (χ4v) is 4.08. The number of hydrogen-bond acceptors (Lipinski definition) is 3. The Kier molecular flexibility index (Phi) is 5.48. The van der Waals surface area contributed by atoms with Gasteiger partial charge in [0, 0.05) is 42.5 Å². The van der Waals surface area contributed by atoms with Crippen LogP contribution in [-0.4, -0.2) is 35.3 Å². The molecular weight excluding hydrogens is 463 g/mol. The number of likely N-dealkylation sites (tertiary alicyclic amines) is 1. The van der Waals surface area contributed by atoms with Crippen LogP contribution in [0.25, 0.3) is 0 Å². The number of piperidine rings is 1. The van der Waals surface area contributed by atoms with Crippen LogP contribution in [0.2, 0.25) is 0 Å². The zero-order chi connectivity index (χ0) is 21.4. The standard InChI is InChI=1S/C21H19BrF3N3O2/c22-16-2-1-3-17(12-16)26-19(29)28-10-8-20(9-11-28)13-18(27-30-20)14-4-6-15(7-5-14)21(23,24)25/h1-7,12H,8-11,13H2,(H,26,29). The number of amides is 2. The van der Waals surface area contributed by atoms with E-state index in [1.807, 2.05) is 24.3 Å². The van der Waals surface area contributed by atoms with Gasteiger partial charge in [-0.25, -0.2) is 4.79 Å². The van der Waals surface area contributed by atoms with E-state index in [1.54, 1.807) is 4.90 Å². The van der Waals surface area contributed by atoms with E-state index in [-0.39, 0.29) is 6.03 Å². The smallest absolute Gasteiger partial charge is 0.388 e. The highest BCUT2D eigenvalue weighted by Gasteiger charge is 2.43. The van der Waals surface area contributed by atoms with E-state index in [4.69, 9.17) is 4.84 Å². The summed E-state index contributed by atoms with van der Waals surface area (Å²) in [6, 6.07) is 12.1. The van der Waals surface area contributed by atoms with Gasteiger partial charge < -0.3 is 15.1 Å². The van der Waals surface area contributed by atoms with Crippen molar-refractivity contribution in [1.29, 1.82) is 0 Å². The molecule has 2 aliphatic heterocycles. The van der Waals surface area contributed by atoms with Crippen molar-refractivity contribution in [2.24, 2.45) is 5.16 Å². The first-order valence-electron chi connectivity index (χ1n) is 9.48. The molecule has 158 valence electrons. The Balaban J connectivity index is 1.34. The maximum Gasteiger partial charge on any atom is 0.416 e. The Morgan fingerprint density at radius 1 is 1.13 bits per heavy atom. The van der Waals surface area contributed by atoms with Crippen molar-refractivity contribution in [3.8, 4) is 0 Å². The van der Waals surface area contributed by atoms with E-state index >= 15 is 0 Å². The van der Waals surface area contributed by atoms with Gasteiger partial charge in [0.25, 0.3) is 0 Å². The summed E-state index contributed by atoms with van der Waals surface area (Å²) in [4.78, 5) is 20.0. The van der Waals surface area contributed by atoms with Gasteiger partial charge >= 0.3 is 12.2 Å². The Hall–Kier alpha value is -2.55. The lowest BCUT2D eigenvalue weighted by atomic mass is 9.85. The molecule has 9 heteroatoms. The minimum absolute atomic E-state index is 0.176. The van der Waals surface area contributed by atoms with E-state index in [0.29, 0.717) is 49.3 Å². The Bertz CT molecular complexity index is 968. The van der Waals surface area contributed by atoms with Crippen LogP contribution in [0.4, 0.5) is 23.7 Å². The first-order chi connectivity index (χ1) is 14.2. The van der Waals surface area contributed by atoms with Gasteiger partial charge in [-0.3, -0.25) is 0 Å². The molecular formula is C21H19BrF3N3O2. The van der Waals surface area contributed by atoms with Crippen LogP contribution >= 0.6 is 15.9 Å². The topological polar surface area (TPSA) is 53.9 Å². The quantitative estimate of drug-likeness (QED) is 0.601. The molecule has 1 fully saturated rings. The molecule has 5 nitrogen and oxygen atoms in total. The zero-order valence-electron chi connectivity index (χ0n) is 15.9. The molecule has 0 atom stereocenters. The maximum absolute atomic E-state index is 12.7. The molecule has 0 saturated carbocycles. The number of oxime groups is 1. The van der Waals surface area contributed by atoms with E-state index in [9.17, 15) is 18.0 Å². The number of nitrogens with zero attached hydrogens (tertiary/aromatic N) is 2. The molecule has 2 heterocycles. The molecule has 2 aromatic rings. The van der Waals surface area contributed by atoms with E-state index in [2.05, 4.69) is 26.4 Å². The first-order valence-corrected chi connectivity index (χ1v) is 10.3. The highest BCUT2D eigenvalue weighted by Crippen LogP contribution is 2.37. The minimum Gasteiger partial charge on any atom is -0.388 e. The fourth-order valence-electron chi connectivity index (χ4n) is 3.68. The molecule has 0 aromatic heterocycles. The predicted octanol–water partition coefficient (Wildman–Crippen LogP) is 5.66. The number of benzene rings is 2. The average molecular weight is 482 g/mol. The van der Waals surface area contributed by atoms with E-state index in [1.165, 1.54) is 12.1 Å². The van der Waals surface area contributed by atoms with Crippen molar-refractivity contribution in [1.82, 2.24) is 4.90 Å². The van der Waals surface area contributed by atoms with Crippen LogP contribution in [-0.2, 0) is 11.0 Å². The monoisotopic (exact) mass is 481 g/mol. The molecule has 30 heavy (non-hydrogen) atoms. The van der Waals surface area contributed by atoms with E-state index < -0.39 is 17.3 Å². The summed E-state index contributed by atoms with van der Waals surface area (Å²) in [7, 11) is 0. The molecule has 0 radical (unpaired) electrons. The molecule has 1 spiro atoms. The Labute approximate surface area is 180 Å². The molecule has 2 aromatic carbocycles. The van der Waals surface area contributed by atoms with Gasteiger partial charge in [0.2, 0.25) is 0 Å². The summed E-state index contributed by atoms with van der Waals surface area (Å²) in [5.41, 5.74) is 0.764. The van der Waals surface area contributed by atoms with Crippen molar-refractivity contribution >= 4 is 33.4 Å². The number of carbonyl (C=O) groups is 1. The highest BCUT2D eigenvalue weighted by atomic mass is 79.9. The summed E-state index contributed by atoms with van der Waals surface area (Å²) in [5.74, 6) is 0. The Morgan fingerprint density at radius 3 is 2.47 bits per heavy atom. The number of urea groups is 1. The third-order valence-electron chi connectivity index (χ3n) is 5.42. The molecule has 1 N–H and O–H groups in total. The minimum atomic E-state index is -4.36. The number of carbonyl (C=O) groups excluding carboxylic acids is 1. The van der Waals surface area contributed by atoms with Crippen LogP contribution in [0.3, 0.4) is 0 Å². The summed E-state index contributed by atoms with van der Waals surface area (Å²) < 4.78 is 39.1. The van der Waals surface area contributed by atoms with E-state index in [0.717, 1.165) is 16.6 Å². The van der Waals surface area contributed by atoms with Gasteiger partial charge in [-0.15, -0.1) is 0 Å². The van der Waals surface area contributed by atoms with Gasteiger partial charge in [0.05, 0.1) is 11.3 Å². The lowest BCUT2D eigenvalue weighted by Gasteiger charge is -2.37. The van der Waals surface area contributed by atoms with Crippen LogP contribution < -0.4 is 5.32 Å². The van der Waals surface area contributed by atoms with Crippen molar-refractivity contribution in [2.75, 3.05) is 18.4 Å². The molecule has 0 aliphatic carbocycles. The molecule has 1 saturated heterocycles. The second-order valence-corrected chi connectivity index (χ2v) is 8.41. The summed E-state index contributed by atoms with van der Waals surface area (Å²) in [5, 5.41) is 7.01. The number of rotatable bonds is 2. The third kappa shape index (κ3) is 4.45. The van der Waals surface area contributed by atoms with Gasteiger partial charge in [-0.1, -0.05) is 39.3 Å². The lowest BCUT2D eigenvalue weighted by molar-refractivity contribution is -0.137. The molecule has 4 rings (SSSR count). The van der Waals surface area contributed by atoms with Crippen LogP contribution in [0.1, 0.15) is 30.4 Å². The average Bonchev–Trinajstić information content (AvgIpc) is 3.11. The number of alkyl halides is 3. The van der Waals surface area contributed by atoms with Crippen molar-refractivity contribution < 1.29 is 22.8 Å². The summed E-state index contributed by atoms with van der Waals surface area (Å²) in [6.07, 6.45) is -2.64. The number of hydrogen-bond donors (Lipinski definition) is 1. The predicted molar refractivity (Wildman–Crippen MR) is 110 cm³/mol. The second kappa shape index (κ2) is 7.94. The SMILES string of the molecule is O=C(Nc1cccc(Br)c1)N1CCC2(CC1)CC(c1ccc(C(F)(F)F)cc1)=NO2. The number of halogens is 4. The van der Waals surface area contributed by atoms with Gasteiger partial charge in [0.1, 0.15) is 5.60 Å². The fraction of sp³-hybridized carbons (Fsp3) is 0.333. The molecule has 0 bridgehead atoms. The molecule has 2 aliphatic rings. The summed E-state index contributed by atoms with van der Waals surface area (Å²) >= 11 is 3.38. The maximum atomic E-state index is 12.7. The van der Waals surface area contributed by atoms with Crippen LogP contribution in [0, 0.1) is 0 Å². The summed E-state index contributed by atoms with van der Waals surface area (Å²) in [6.45, 7) is 1.02. The second-order valence-electron chi connectivity index (χ2n) is 7.49. The Morgan fingerprint density at radius 2 is 1.83 bits per heavy atom. The lowest BCUT2D eigenvalue weighted by Crippen LogP contribution is -2.48. The van der Waals surface area contributed by atoms with Crippen LogP contribution in [0.15, 0.2) is 58.2 Å². The van der Waals surface area contributed by atoms with Crippen molar-refractivity contribution in [3.05, 3.63) is 64.1 Å². The number of nitrogens with one attached hydrogen (secondary N) is 1. The van der Waals surface area contributed by atoms with Gasteiger partial charge in [-0.2, -0.15) is 13.2 Å². The molecule has 2 amide bonds. The van der Waals surface area contributed by atoms with Gasteiger partial charge in [0.15, 0.2) is 0 Å². The van der Waals surface area contributed by atoms with Crippen LogP contribution in [0.5, 0.6) is 0 Å². The number of anilines is 1. The largest absolute Gasteiger partial charge is 0.416 e. The van der Waals surface area contributed by atoms with Crippen molar-refractivity contribution in [3.63, 3.8) is 0 Å². The highest BCUT2D eigenvalue weighted by molar-refractivity contribution is 9.10.